The Labute approximate surface area is 177 Å². The molecule has 0 aliphatic carbocycles. The highest BCUT2D eigenvalue weighted by Crippen LogP contribution is 2.33. The van der Waals surface area contributed by atoms with E-state index in [1.807, 2.05) is 49.4 Å². The van der Waals surface area contributed by atoms with Gasteiger partial charge in [-0.25, -0.2) is 0 Å². The molecule has 0 aromatic heterocycles. The fraction of sp³-hybridized carbons (Fsp3) is 0.391. The number of likely N-dealkylation sites (N-methyl/N-ethyl adjacent to an activating group) is 1. The van der Waals surface area contributed by atoms with Crippen molar-refractivity contribution in [3.8, 4) is 5.75 Å². The number of nitrogens with one attached hydrogen (secondary N) is 1. The summed E-state index contributed by atoms with van der Waals surface area (Å²) >= 11 is 0. The minimum atomic E-state index is -0.127. The molecule has 7 heteroatoms. The molecule has 30 heavy (non-hydrogen) atoms. The van der Waals surface area contributed by atoms with Crippen LogP contribution in [0.4, 0.5) is 17.1 Å². The molecule has 2 aromatic rings. The molecule has 0 saturated carbocycles. The Morgan fingerprint density at radius 2 is 1.80 bits per heavy atom. The Morgan fingerprint density at radius 3 is 2.53 bits per heavy atom. The first kappa shape index (κ1) is 20.2. The maximum absolute atomic E-state index is 12.5. The maximum Gasteiger partial charge on any atom is 0.265 e. The van der Waals surface area contributed by atoms with Gasteiger partial charge in [0.25, 0.3) is 5.91 Å². The van der Waals surface area contributed by atoms with Crippen molar-refractivity contribution in [3.05, 3.63) is 48.0 Å². The number of aryl methyl sites for hydroxylation is 1. The number of nitrogens with zero attached hydrogens (tertiary/aromatic N) is 3. The monoisotopic (exact) mass is 408 g/mol. The fourth-order valence-corrected chi connectivity index (χ4v) is 3.81. The molecule has 0 atom stereocenters. The van der Waals surface area contributed by atoms with Crippen molar-refractivity contribution in [2.24, 2.45) is 0 Å². The zero-order valence-corrected chi connectivity index (χ0v) is 17.6. The molecule has 7 nitrogen and oxygen atoms in total. The molecular weight excluding hydrogens is 380 g/mol. The van der Waals surface area contributed by atoms with Crippen molar-refractivity contribution in [1.82, 2.24) is 4.90 Å². The van der Waals surface area contributed by atoms with E-state index in [4.69, 9.17) is 4.74 Å². The van der Waals surface area contributed by atoms with Crippen molar-refractivity contribution in [3.63, 3.8) is 0 Å². The Bertz CT molecular complexity index is 921. The van der Waals surface area contributed by atoms with E-state index in [1.54, 1.807) is 4.90 Å². The molecule has 2 aromatic carbocycles. The quantitative estimate of drug-likeness (QED) is 0.824. The summed E-state index contributed by atoms with van der Waals surface area (Å²) in [6, 6.07) is 13.7. The predicted molar refractivity (Wildman–Crippen MR) is 118 cm³/mol. The third kappa shape index (κ3) is 4.57. The molecule has 1 saturated heterocycles. The molecule has 0 unspecified atom stereocenters. The van der Waals surface area contributed by atoms with Crippen LogP contribution < -0.4 is 19.9 Å². The summed E-state index contributed by atoms with van der Waals surface area (Å²) in [6.45, 7) is 6.43. The Morgan fingerprint density at radius 1 is 1.07 bits per heavy atom. The topological polar surface area (TPSA) is 65.1 Å². The van der Waals surface area contributed by atoms with E-state index in [0.29, 0.717) is 12.3 Å². The van der Waals surface area contributed by atoms with Crippen molar-refractivity contribution in [1.29, 1.82) is 0 Å². The van der Waals surface area contributed by atoms with Gasteiger partial charge >= 0.3 is 0 Å². The van der Waals surface area contributed by atoms with Gasteiger partial charge in [-0.1, -0.05) is 6.07 Å². The van der Waals surface area contributed by atoms with Crippen molar-refractivity contribution >= 4 is 28.9 Å². The normalized spacial score (nSPS) is 16.8. The molecule has 0 radical (unpaired) electrons. The first-order chi connectivity index (χ1) is 14.5. The Balaban J connectivity index is 1.33. The number of carbonyl (C=O) groups excluding carboxylic acids is 2. The number of fused-ring (bicyclic) bond motifs is 1. The van der Waals surface area contributed by atoms with Crippen LogP contribution in [0.1, 0.15) is 12.0 Å². The van der Waals surface area contributed by atoms with Gasteiger partial charge in [0.05, 0.1) is 5.69 Å². The van der Waals surface area contributed by atoms with E-state index in [9.17, 15) is 9.59 Å². The average molecular weight is 409 g/mol. The second kappa shape index (κ2) is 8.75. The number of piperazine rings is 1. The highest BCUT2D eigenvalue weighted by atomic mass is 16.5. The first-order valence-corrected chi connectivity index (χ1v) is 10.4. The van der Waals surface area contributed by atoms with E-state index < -0.39 is 0 Å². The summed E-state index contributed by atoms with van der Waals surface area (Å²) in [5.41, 5.74) is 3.71. The minimum Gasteiger partial charge on any atom is -0.482 e. The average Bonchev–Trinajstić information content (AvgIpc) is 2.74. The molecule has 1 N–H and O–H groups in total. The lowest BCUT2D eigenvalue weighted by molar-refractivity contribution is -0.121. The van der Waals surface area contributed by atoms with Crippen LogP contribution in [-0.2, 0) is 9.59 Å². The summed E-state index contributed by atoms with van der Waals surface area (Å²) in [5, 5.41) is 2.93. The smallest absolute Gasteiger partial charge is 0.265 e. The zero-order chi connectivity index (χ0) is 21.1. The molecule has 2 aliphatic heterocycles. The molecule has 0 spiro atoms. The molecule has 2 aliphatic rings. The molecular formula is C23H28N4O3. The zero-order valence-electron chi connectivity index (χ0n) is 17.6. The second-order valence-corrected chi connectivity index (χ2v) is 7.94. The third-order valence-corrected chi connectivity index (χ3v) is 5.64. The SMILES string of the molecule is Cc1ccc2c(c1)N(CCC(=O)Nc1ccc(N3CCN(C)CC3)cc1)C(=O)CO2. The lowest BCUT2D eigenvalue weighted by Gasteiger charge is -2.34. The number of hydrogen-bond acceptors (Lipinski definition) is 5. The summed E-state index contributed by atoms with van der Waals surface area (Å²) in [7, 11) is 2.14. The second-order valence-electron chi connectivity index (χ2n) is 7.94. The van der Waals surface area contributed by atoms with Crippen molar-refractivity contribution < 1.29 is 14.3 Å². The number of hydrogen-bond donors (Lipinski definition) is 1. The van der Waals surface area contributed by atoms with Gasteiger partial charge < -0.3 is 24.8 Å². The van der Waals surface area contributed by atoms with Gasteiger partial charge in [-0.3, -0.25) is 9.59 Å². The summed E-state index contributed by atoms with van der Waals surface area (Å²) in [5.74, 6) is 0.438. The highest BCUT2D eigenvalue weighted by molar-refractivity contribution is 5.99. The van der Waals surface area contributed by atoms with E-state index in [0.717, 1.165) is 43.1 Å². The number of benzene rings is 2. The van der Waals surface area contributed by atoms with E-state index >= 15 is 0 Å². The molecule has 158 valence electrons. The number of carbonyl (C=O) groups is 2. The number of amides is 2. The van der Waals surface area contributed by atoms with E-state index in [2.05, 4.69) is 22.2 Å². The van der Waals surface area contributed by atoms with Crippen LogP contribution in [0.3, 0.4) is 0 Å². The highest BCUT2D eigenvalue weighted by Gasteiger charge is 2.26. The Kier molecular flexibility index (Phi) is 5.90. The number of rotatable bonds is 5. The molecule has 1 fully saturated rings. The molecule has 0 bridgehead atoms. The van der Waals surface area contributed by atoms with Crippen LogP contribution in [0.5, 0.6) is 5.75 Å². The summed E-state index contributed by atoms with van der Waals surface area (Å²) in [4.78, 5) is 31.1. The standard InChI is InChI=1S/C23H28N4O3/c1-17-3-8-21-20(15-17)27(23(29)16-30-21)10-9-22(28)24-18-4-6-19(7-5-18)26-13-11-25(2)12-14-26/h3-8,15H,9-14,16H2,1-2H3,(H,24,28). The minimum absolute atomic E-state index is 0.00539. The summed E-state index contributed by atoms with van der Waals surface area (Å²) in [6.07, 6.45) is 0.222. The molecule has 2 heterocycles. The summed E-state index contributed by atoms with van der Waals surface area (Å²) < 4.78 is 5.49. The fourth-order valence-electron chi connectivity index (χ4n) is 3.81. The first-order valence-electron chi connectivity index (χ1n) is 10.4. The van der Waals surface area contributed by atoms with Crippen molar-refractivity contribution in [2.75, 3.05) is 61.5 Å². The van der Waals surface area contributed by atoms with Crippen LogP contribution >= 0.6 is 0 Å². The third-order valence-electron chi connectivity index (χ3n) is 5.64. The van der Waals surface area contributed by atoms with Crippen molar-refractivity contribution in [2.45, 2.75) is 13.3 Å². The maximum atomic E-state index is 12.5. The molecule has 4 rings (SSSR count). The number of ether oxygens (including phenoxy) is 1. The number of anilines is 3. The van der Waals surface area contributed by atoms with Gasteiger partial charge in [0.1, 0.15) is 5.75 Å². The van der Waals surface area contributed by atoms with Gasteiger partial charge in [-0.15, -0.1) is 0 Å². The predicted octanol–water partition coefficient (Wildman–Crippen LogP) is 2.50. The van der Waals surface area contributed by atoms with Gasteiger partial charge in [0.15, 0.2) is 6.61 Å². The lowest BCUT2D eigenvalue weighted by Crippen LogP contribution is -2.44. The van der Waals surface area contributed by atoms with Crippen LogP contribution in [0, 0.1) is 6.92 Å². The van der Waals surface area contributed by atoms with Crippen LogP contribution in [0.15, 0.2) is 42.5 Å². The van der Waals surface area contributed by atoms with Crippen LogP contribution in [0.25, 0.3) is 0 Å². The molecule has 2 amide bonds. The van der Waals surface area contributed by atoms with Gasteiger partial charge in [-0.05, 0) is 55.9 Å². The largest absolute Gasteiger partial charge is 0.482 e. The Hall–Kier alpha value is -3.06. The van der Waals surface area contributed by atoms with Gasteiger partial charge in [0.2, 0.25) is 5.91 Å². The van der Waals surface area contributed by atoms with Gasteiger partial charge in [0, 0.05) is 50.5 Å². The van der Waals surface area contributed by atoms with Gasteiger partial charge in [-0.2, -0.15) is 0 Å². The van der Waals surface area contributed by atoms with E-state index in [1.165, 1.54) is 5.69 Å². The lowest BCUT2D eigenvalue weighted by atomic mass is 10.1. The van der Waals surface area contributed by atoms with Crippen LogP contribution in [-0.4, -0.2) is 63.1 Å². The van der Waals surface area contributed by atoms with Crippen LogP contribution in [0.2, 0.25) is 0 Å². The van der Waals surface area contributed by atoms with E-state index in [-0.39, 0.29) is 24.8 Å².